The molecular weight excluding hydrogens is 356 g/mol. The highest BCUT2D eigenvalue weighted by Crippen LogP contribution is 2.19. The van der Waals surface area contributed by atoms with Gasteiger partial charge in [0, 0.05) is 18.2 Å². The van der Waals surface area contributed by atoms with E-state index in [0.717, 1.165) is 11.1 Å². The van der Waals surface area contributed by atoms with Gasteiger partial charge in [0.15, 0.2) is 0 Å². The van der Waals surface area contributed by atoms with Crippen molar-refractivity contribution in [1.29, 1.82) is 0 Å². The molecule has 0 saturated carbocycles. The smallest absolute Gasteiger partial charge is 0.315 e. The predicted octanol–water partition coefficient (Wildman–Crippen LogP) is 2.89. The zero-order valence-electron chi connectivity index (χ0n) is 14.1. The summed E-state index contributed by atoms with van der Waals surface area (Å²) in [5.41, 5.74) is 2.34. The molecule has 0 aromatic heterocycles. The molecule has 26 heavy (non-hydrogen) atoms. The van der Waals surface area contributed by atoms with Crippen LogP contribution in [-0.4, -0.2) is 28.8 Å². The lowest BCUT2D eigenvalue weighted by Crippen LogP contribution is -2.38. The number of hydrogen-bond donors (Lipinski definition) is 4. The van der Waals surface area contributed by atoms with Crippen LogP contribution < -0.4 is 10.6 Å². The minimum atomic E-state index is -0.900. The van der Waals surface area contributed by atoms with E-state index in [2.05, 4.69) is 10.6 Å². The first-order chi connectivity index (χ1) is 12.5. The molecule has 7 heteroatoms. The Balaban J connectivity index is 1.93. The lowest BCUT2D eigenvalue weighted by molar-refractivity contribution is -0.136. The van der Waals surface area contributed by atoms with Crippen LogP contribution in [-0.2, 0) is 17.8 Å². The van der Waals surface area contributed by atoms with E-state index in [-0.39, 0.29) is 31.6 Å². The van der Waals surface area contributed by atoms with Crippen LogP contribution in [0.15, 0.2) is 48.5 Å². The maximum absolute atomic E-state index is 12.2. The van der Waals surface area contributed by atoms with Crippen molar-refractivity contribution in [2.24, 2.45) is 0 Å². The predicted molar refractivity (Wildman–Crippen MR) is 99.0 cm³/mol. The number of aliphatic carboxylic acids is 1. The van der Waals surface area contributed by atoms with E-state index in [1.54, 1.807) is 42.5 Å². The minimum Gasteiger partial charge on any atom is -0.481 e. The average Bonchev–Trinajstić information content (AvgIpc) is 2.60. The van der Waals surface area contributed by atoms with E-state index in [0.29, 0.717) is 17.0 Å². The molecule has 0 radical (unpaired) electrons. The van der Waals surface area contributed by atoms with Crippen molar-refractivity contribution in [3.8, 4) is 0 Å². The monoisotopic (exact) mass is 376 g/mol. The summed E-state index contributed by atoms with van der Waals surface area (Å²) >= 11 is 5.88. The van der Waals surface area contributed by atoms with Gasteiger partial charge < -0.3 is 20.8 Å². The van der Waals surface area contributed by atoms with E-state index in [1.807, 2.05) is 6.07 Å². The molecule has 0 aliphatic rings. The molecule has 2 aromatic rings. The van der Waals surface area contributed by atoms with Crippen LogP contribution in [0.3, 0.4) is 0 Å². The van der Waals surface area contributed by atoms with Crippen LogP contribution in [0.1, 0.15) is 29.2 Å². The summed E-state index contributed by atoms with van der Waals surface area (Å²) in [5.74, 6) is -0.900. The first-order valence-corrected chi connectivity index (χ1v) is 8.56. The maximum atomic E-state index is 12.2. The Morgan fingerprint density at radius 1 is 1.08 bits per heavy atom. The number of nitrogens with one attached hydrogen (secondary N) is 2. The molecule has 4 N–H and O–H groups in total. The van der Waals surface area contributed by atoms with Crippen molar-refractivity contribution in [3.05, 3.63) is 70.2 Å². The van der Waals surface area contributed by atoms with Crippen molar-refractivity contribution >= 4 is 23.6 Å². The van der Waals surface area contributed by atoms with E-state index < -0.39 is 5.97 Å². The van der Waals surface area contributed by atoms with E-state index >= 15 is 0 Å². The molecule has 0 saturated heterocycles. The summed E-state index contributed by atoms with van der Waals surface area (Å²) in [7, 11) is 0. The van der Waals surface area contributed by atoms with Crippen LogP contribution in [0.25, 0.3) is 0 Å². The molecule has 2 amide bonds. The maximum Gasteiger partial charge on any atom is 0.315 e. The molecule has 6 nitrogen and oxygen atoms in total. The molecule has 0 fully saturated rings. The first-order valence-electron chi connectivity index (χ1n) is 8.18. The number of amides is 2. The Kier molecular flexibility index (Phi) is 7.44. The van der Waals surface area contributed by atoms with Crippen LogP contribution in [0.4, 0.5) is 4.79 Å². The second-order valence-electron chi connectivity index (χ2n) is 5.83. The second kappa shape index (κ2) is 9.79. The molecular formula is C19H21ClN2O4. The lowest BCUT2D eigenvalue weighted by Gasteiger charge is -2.19. The molecule has 0 bridgehead atoms. The summed E-state index contributed by atoms with van der Waals surface area (Å²) in [6, 6.07) is 13.4. The van der Waals surface area contributed by atoms with Crippen molar-refractivity contribution in [2.45, 2.75) is 25.4 Å². The fraction of sp³-hybridized carbons (Fsp3) is 0.263. The van der Waals surface area contributed by atoms with Crippen molar-refractivity contribution in [1.82, 2.24) is 10.6 Å². The fourth-order valence-corrected chi connectivity index (χ4v) is 2.69. The first kappa shape index (κ1) is 19.8. The zero-order valence-corrected chi connectivity index (χ0v) is 14.9. The van der Waals surface area contributed by atoms with Crippen molar-refractivity contribution in [3.63, 3.8) is 0 Å². The van der Waals surface area contributed by atoms with Gasteiger partial charge in [-0.3, -0.25) is 4.79 Å². The van der Waals surface area contributed by atoms with E-state index in [9.17, 15) is 14.7 Å². The normalized spacial score (nSPS) is 11.6. The highest BCUT2D eigenvalue weighted by molar-refractivity contribution is 6.30. The van der Waals surface area contributed by atoms with Gasteiger partial charge in [-0.15, -0.1) is 0 Å². The van der Waals surface area contributed by atoms with Gasteiger partial charge >= 0.3 is 12.0 Å². The van der Waals surface area contributed by atoms with Gasteiger partial charge in [-0.1, -0.05) is 48.0 Å². The Bertz CT molecular complexity index is 749. The number of urea groups is 1. The molecule has 1 atom stereocenters. The molecule has 0 spiro atoms. The molecule has 0 heterocycles. The van der Waals surface area contributed by atoms with E-state index in [4.69, 9.17) is 16.7 Å². The molecule has 0 aliphatic heterocycles. The quantitative estimate of drug-likeness (QED) is 0.569. The standard InChI is InChI=1S/C19H21ClN2O4/c20-16-6-4-15(5-7-16)17(8-9-23)22-19(26)21-12-14-3-1-2-13(10-14)11-18(24)25/h1-7,10,17,23H,8-9,11-12H2,(H,24,25)(H2,21,22,26). The van der Waals surface area contributed by atoms with Gasteiger partial charge in [0.25, 0.3) is 0 Å². The van der Waals surface area contributed by atoms with Crippen LogP contribution in [0.2, 0.25) is 5.02 Å². The third-order valence-corrected chi connectivity index (χ3v) is 4.05. The summed E-state index contributed by atoms with van der Waals surface area (Å²) in [6.07, 6.45) is 0.318. The molecule has 2 aromatic carbocycles. The number of hydrogen-bond acceptors (Lipinski definition) is 3. The molecule has 2 rings (SSSR count). The number of aliphatic hydroxyl groups is 1. The average molecular weight is 377 g/mol. The van der Waals surface area contributed by atoms with Crippen LogP contribution in [0, 0.1) is 0 Å². The molecule has 0 aliphatic carbocycles. The number of aliphatic hydroxyl groups excluding tert-OH is 1. The second-order valence-corrected chi connectivity index (χ2v) is 6.27. The van der Waals surface area contributed by atoms with Crippen LogP contribution in [0.5, 0.6) is 0 Å². The van der Waals surface area contributed by atoms with Gasteiger partial charge in [0.05, 0.1) is 12.5 Å². The summed E-state index contributed by atoms with van der Waals surface area (Å²) in [4.78, 5) is 23.0. The number of carbonyl (C=O) groups is 2. The van der Waals surface area contributed by atoms with Crippen molar-refractivity contribution in [2.75, 3.05) is 6.61 Å². The van der Waals surface area contributed by atoms with Gasteiger partial charge in [0.1, 0.15) is 0 Å². The summed E-state index contributed by atoms with van der Waals surface area (Å²) < 4.78 is 0. The van der Waals surface area contributed by atoms with Gasteiger partial charge in [-0.25, -0.2) is 4.79 Å². The summed E-state index contributed by atoms with van der Waals surface area (Å²) in [6.45, 7) is 0.205. The lowest BCUT2D eigenvalue weighted by atomic mass is 10.0. The Labute approximate surface area is 156 Å². The largest absolute Gasteiger partial charge is 0.481 e. The van der Waals surface area contributed by atoms with Gasteiger partial charge in [-0.2, -0.15) is 0 Å². The zero-order chi connectivity index (χ0) is 18.9. The molecule has 138 valence electrons. The van der Waals surface area contributed by atoms with E-state index in [1.165, 1.54) is 0 Å². The highest BCUT2D eigenvalue weighted by atomic mass is 35.5. The Morgan fingerprint density at radius 3 is 2.42 bits per heavy atom. The van der Waals surface area contributed by atoms with Gasteiger partial charge in [-0.05, 0) is 35.2 Å². The Morgan fingerprint density at radius 2 is 1.77 bits per heavy atom. The molecule has 1 unspecified atom stereocenters. The topological polar surface area (TPSA) is 98.7 Å². The summed E-state index contributed by atoms with van der Waals surface area (Å²) in [5, 5.41) is 24.2. The number of carboxylic acids is 1. The SMILES string of the molecule is O=C(O)Cc1cccc(CNC(=O)NC(CCO)c2ccc(Cl)cc2)c1. The number of halogens is 1. The number of benzene rings is 2. The third kappa shape index (κ3) is 6.38. The number of rotatable bonds is 8. The van der Waals surface area contributed by atoms with Gasteiger partial charge in [0.2, 0.25) is 0 Å². The fourth-order valence-electron chi connectivity index (χ4n) is 2.56. The number of carboxylic acid groups (broad SMARTS) is 1. The number of carbonyl (C=O) groups excluding carboxylic acids is 1. The Hall–Kier alpha value is -2.57. The minimum absolute atomic E-state index is 0.0603. The van der Waals surface area contributed by atoms with Crippen LogP contribution >= 0.6 is 11.6 Å². The third-order valence-electron chi connectivity index (χ3n) is 3.80. The highest BCUT2D eigenvalue weighted by Gasteiger charge is 2.14. The van der Waals surface area contributed by atoms with Crippen molar-refractivity contribution < 1.29 is 19.8 Å².